The Morgan fingerprint density at radius 2 is 1.84 bits per heavy atom. The predicted molar refractivity (Wildman–Crippen MR) is 88.4 cm³/mol. The average molecular weight is 436 g/mol. The Hall–Kier alpha value is -2.20. The van der Waals surface area contributed by atoms with Crippen molar-refractivity contribution in [3.05, 3.63) is 52.5 Å². The van der Waals surface area contributed by atoms with Gasteiger partial charge in [0, 0.05) is 10.0 Å². The first-order valence-electron chi connectivity index (χ1n) is 6.69. The fourth-order valence-corrected chi connectivity index (χ4v) is 3.88. The van der Waals surface area contributed by atoms with Crippen LogP contribution < -0.4 is 14.2 Å². The van der Waals surface area contributed by atoms with Crippen LogP contribution >= 0.6 is 15.9 Å². The number of nitrogens with one attached hydrogen (secondary N) is 1. The summed E-state index contributed by atoms with van der Waals surface area (Å²) in [6.45, 7) is -3.07. The zero-order chi connectivity index (χ0) is 18.6. The third-order valence-electron chi connectivity index (χ3n) is 3.00. The van der Waals surface area contributed by atoms with E-state index >= 15 is 0 Å². The standard InChI is InChI=1S/C15H12BrF2NO5S/c1-23-12-8-9(6-7-11(12)24-15(17)18)14(20)19-25(21,22)13-5-3-2-4-10(13)16/h2-8,15H,1H3,(H,19,20). The zero-order valence-electron chi connectivity index (χ0n) is 12.7. The summed E-state index contributed by atoms with van der Waals surface area (Å²) >= 11 is 3.10. The van der Waals surface area contributed by atoms with Crippen LogP contribution in [0.25, 0.3) is 0 Å². The summed E-state index contributed by atoms with van der Waals surface area (Å²) in [4.78, 5) is 12.1. The lowest BCUT2D eigenvalue weighted by atomic mass is 10.2. The monoisotopic (exact) mass is 435 g/mol. The number of halogens is 3. The van der Waals surface area contributed by atoms with Crippen LogP contribution in [0.15, 0.2) is 51.8 Å². The molecule has 0 bridgehead atoms. The Bertz CT molecular complexity index is 889. The summed E-state index contributed by atoms with van der Waals surface area (Å²) in [5, 5.41) is 0. The van der Waals surface area contributed by atoms with Crippen LogP contribution in [-0.4, -0.2) is 28.0 Å². The van der Waals surface area contributed by atoms with E-state index in [9.17, 15) is 22.0 Å². The van der Waals surface area contributed by atoms with E-state index in [0.29, 0.717) is 0 Å². The van der Waals surface area contributed by atoms with E-state index in [-0.39, 0.29) is 26.4 Å². The van der Waals surface area contributed by atoms with E-state index in [2.05, 4.69) is 20.7 Å². The molecule has 0 saturated carbocycles. The molecule has 0 aliphatic heterocycles. The number of hydrogen-bond acceptors (Lipinski definition) is 5. The first-order valence-corrected chi connectivity index (χ1v) is 8.96. The second-order valence-electron chi connectivity index (χ2n) is 4.61. The van der Waals surface area contributed by atoms with Crippen LogP contribution in [-0.2, 0) is 10.0 Å². The lowest BCUT2D eigenvalue weighted by molar-refractivity contribution is -0.0512. The Kier molecular flexibility index (Phi) is 5.96. The molecule has 0 heterocycles. The molecular weight excluding hydrogens is 424 g/mol. The van der Waals surface area contributed by atoms with Gasteiger partial charge in [0.2, 0.25) is 0 Å². The van der Waals surface area contributed by atoms with Crippen LogP contribution in [0.1, 0.15) is 10.4 Å². The van der Waals surface area contributed by atoms with Gasteiger partial charge in [-0.25, -0.2) is 13.1 Å². The number of hydrogen-bond donors (Lipinski definition) is 1. The van der Waals surface area contributed by atoms with Crippen molar-refractivity contribution in [1.29, 1.82) is 0 Å². The largest absolute Gasteiger partial charge is 0.493 e. The SMILES string of the molecule is COc1cc(C(=O)NS(=O)(=O)c2ccccc2Br)ccc1OC(F)F. The molecule has 1 amide bonds. The van der Waals surface area contributed by atoms with Crippen molar-refractivity contribution in [2.45, 2.75) is 11.5 Å². The number of alkyl halides is 2. The van der Waals surface area contributed by atoms with Crippen LogP contribution in [0.4, 0.5) is 8.78 Å². The number of benzene rings is 2. The van der Waals surface area contributed by atoms with Crippen molar-refractivity contribution in [3.63, 3.8) is 0 Å². The van der Waals surface area contributed by atoms with Gasteiger partial charge in [0.1, 0.15) is 4.90 Å². The van der Waals surface area contributed by atoms with Gasteiger partial charge in [0.25, 0.3) is 15.9 Å². The van der Waals surface area contributed by atoms with Crippen LogP contribution in [0, 0.1) is 0 Å². The first kappa shape index (κ1) is 19.1. The molecule has 2 aromatic carbocycles. The number of sulfonamides is 1. The number of methoxy groups -OCH3 is 1. The molecule has 0 saturated heterocycles. The normalized spacial score (nSPS) is 11.2. The molecule has 2 aromatic rings. The minimum absolute atomic E-state index is 0.103. The van der Waals surface area contributed by atoms with E-state index in [0.717, 1.165) is 18.2 Å². The van der Waals surface area contributed by atoms with Gasteiger partial charge in [-0.15, -0.1) is 0 Å². The van der Waals surface area contributed by atoms with Gasteiger partial charge < -0.3 is 9.47 Å². The highest BCUT2D eigenvalue weighted by atomic mass is 79.9. The van der Waals surface area contributed by atoms with E-state index < -0.39 is 22.5 Å². The second-order valence-corrected chi connectivity index (χ2v) is 7.11. The lowest BCUT2D eigenvalue weighted by Gasteiger charge is -2.12. The number of amides is 1. The zero-order valence-corrected chi connectivity index (χ0v) is 15.1. The van der Waals surface area contributed by atoms with Crippen LogP contribution in [0.5, 0.6) is 11.5 Å². The van der Waals surface area contributed by atoms with E-state index in [1.165, 1.54) is 25.3 Å². The van der Waals surface area contributed by atoms with Gasteiger partial charge in [-0.05, 0) is 46.3 Å². The maximum Gasteiger partial charge on any atom is 0.387 e. The number of carbonyl (C=O) groups excluding carboxylic acids is 1. The molecule has 0 aromatic heterocycles. The van der Waals surface area contributed by atoms with Crippen molar-refractivity contribution in [2.24, 2.45) is 0 Å². The number of rotatable bonds is 6. The second kappa shape index (κ2) is 7.79. The fourth-order valence-electron chi connectivity index (χ4n) is 1.90. The highest BCUT2D eigenvalue weighted by Crippen LogP contribution is 2.29. The minimum Gasteiger partial charge on any atom is -0.493 e. The molecule has 0 unspecified atom stereocenters. The van der Waals surface area contributed by atoms with Crippen molar-refractivity contribution >= 4 is 31.9 Å². The average Bonchev–Trinajstić information content (AvgIpc) is 2.54. The van der Waals surface area contributed by atoms with E-state index in [1.807, 2.05) is 4.72 Å². The summed E-state index contributed by atoms with van der Waals surface area (Å²) in [6.07, 6.45) is 0. The maximum absolute atomic E-state index is 12.3. The molecule has 134 valence electrons. The Labute approximate surface area is 150 Å². The van der Waals surface area contributed by atoms with Crippen molar-refractivity contribution in [1.82, 2.24) is 4.72 Å². The third-order valence-corrected chi connectivity index (χ3v) is 5.34. The Morgan fingerprint density at radius 1 is 1.16 bits per heavy atom. The molecule has 0 aliphatic carbocycles. The van der Waals surface area contributed by atoms with Gasteiger partial charge in [-0.1, -0.05) is 12.1 Å². The van der Waals surface area contributed by atoms with E-state index in [1.54, 1.807) is 6.07 Å². The minimum atomic E-state index is -4.13. The Morgan fingerprint density at radius 3 is 2.44 bits per heavy atom. The maximum atomic E-state index is 12.3. The van der Waals surface area contributed by atoms with Gasteiger partial charge >= 0.3 is 6.61 Å². The van der Waals surface area contributed by atoms with Gasteiger partial charge in [-0.2, -0.15) is 8.78 Å². The Balaban J connectivity index is 2.28. The quantitative estimate of drug-likeness (QED) is 0.753. The molecule has 1 N–H and O–H groups in total. The van der Waals surface area contributed by atoms with E-state index in [4.69, 9.17) is 4.74 Å². The smallest absolute Gasteiger partial charge is 0.387 e. The van der Waals surface area contributed by atoms with Crippen LogP contribution in [0.3, 0.4) is 0 Å². The predicted octanol–water partition coefficient (Wildman–Crippen LogP) is 3.18. The third kappa shape index (κ3) is 4.67. The molecule has 25 heavy (non-hydrogen) atoms. The summed E-state index contributed by atoms with van der Waals surface area (Å²) in [5.41, 5.74) is -0.103. The molecule has 2 rings (SSSR count). The molecule has 0 radical (unpaired) electrons. The highest BCUT2D eigenvalue weighted by molar-refractivity contribution is 9.10. The first-order chi connectivity index (χ1) is 11.7. The molecule has 0 atom stereocenters. The number of ether oxygens (including phenoxy) is 2. The topological polar surface area (TPSA) is 81.7 Å². The van der Waals surface area contributed by atoms with Gasteiger partial charge in [0.05, 0.1) is 7.11 Å². The fraction of sp³-hybridized carbons (Fsp3) is 0.133. The van der Waals surface area contributed by atoms with Gasteiger partial charge in [-0.3, -0.25) is 4.79 Å². The molecular formula is C15H12BrF2NO5S. The van der Waals surface area contributed by atoms with Crippen LogP contribution in [0.2, 0.25) is 0 Å². The molecule has 6 nitrogen and oxygen atoms in total. The summed E-state index contributed by atoms with van der Waals surface area (Å²) in [5.74, 6) is -1.35. The summed E-state index contributed by atoms with van der Waals surface area (Å²) in [6, 6.07) is 9.29. The van der Waals surface area contributed by atoms with Crippen molar-refractivity contribution in [2.75, 3.05) is 7.11 Å². The molecule has 10 heteroatoms. The molecule has 0 spiro atoms. The summed E-state index contributed by atoms with van der Waals surface area (Å²) in [7, 11) is -2.92. The van der Waals surface area contributed by atoms with Crippen molar-refractivity contribution in [3.8, 4) is 11.5 Å². The number of carbonyl (C=O) groups is 1. The molecule has 0 aliphatic rings. The lowest BCUT2D eigenvalue weighted by Crippen LogP contribution is -2.30. The van der Waals surface area contributed by atoms with Crippen molar-refractivity contribution < 1.29 is 31.5 Å². The summed E-state index contributed by atoms with van der Waals surface area (Å²) < 4.78 is 60.5. The highest BCUT2D eigenvalue weighted by Gasteiger charge is 2.22. The van der Waals surface area contributed by atoms with Gasteiger partial charge in [0.15, 0.2) is 11.5 Å². The molecule has 0 fully saturated rings.